The molecule has 1 aromatic rings. The monoisotopic (exact) mass is 400 g/mol. The van der Waals surface area contributed by atoms with Crippen LogP contribution in [-0.4, -0.2) is 65.4 Å². The van der Waals surface area contributed by atoms with Crippen molar-refractivity contribution in [2.45, 2.75) is 13.0 Å². The van der Waals surface area contributed by atoms with E-state index in [9.17, 15) is 0 Å². The molecule has 0 bridgehead atoms. The lowest BCUT2D eigenvalue weighted by atomic mass is 10.2. The van der Waals surface area contributed by atoms with Crippen molar-refractivity contribution in [3.63, 3.8) is 0 Å². The van der Waals surface area contributed by atoms with Crippen LogP contribution < -0.4 is 15.4 Å². The zero-order chi connectivity index (χ0) is 17.8. The zero-order valence-electron chi connectivity index (χ0n) is 15.1. The van der Waals surface area contributed by atoms with Crippen molar-refractivity contribution in [2.75, 3.05) is 54.6 Å². The Balaban J connectivity index is 2.37. The average Bonchev–Trinajstić information content (AvgIpc) is 2.58. The SMILES string of the molecule is CN=C(NCCN(C)CCCOC)NCc1cc(Br)ccc1OC. The standard InChI is InChI=1S/C17H29BrN4O2/c1-19-17(20-8-10-22(2)9-5-11-23-3)21-13-14-12-15(18)6-7-16(14)24-4/h6-7,12H,5,8-11,13H2,1-4H3,(H2,19,20,21). The molecule has 0 fully saturated rings. The Morgan fingerprint density at radius 1 is 1.25 bits per heavy atom. The second kappa shape index (κ2) is 12.1. The molecule has 6 nitrogen and oxygen atoms in total. The summed E-state index contributed by atoms with van der Waals surface area (Å²) in [5.74, 6) is 1.64. The topological polar surface area (TPSA) is 58.1 Å². The quantitative estimate of drug-likeness (QED) is 0.357. The molecule has 0 aliphatic rings. The van der Waals surface area contributed by atoms with Crippen molar-refractivity contribution in [1.82, 2.24) is 15.5 Å². The number of methoxy groups -OCH3 is 2. The van der Waals surface area contributed by atoms with E-state index in [1.165, 1.54) is 0 Å². The molecule has 136 valence electrons. The lowest BCUT2D eigenvalue weighted by Gasteiger charge is -2.18. The van der Waals surface area contributed by atoms with Gasteiger partial charge in [-0.2, -0.15) is 0 Å². The van der Waals surface area contributed by atoms with Crippen LogP contribution in [0.1, 0.15) is 12.0 Å². The van der Waals surface area contributed by atoms with Crippen LogP contribution in [0.4, 0.5) is 0 Å². The normalized spacial score (nSPS) is 11.7. The van der Waals surface area contributed by atoms with Gasteiger partial charge in [-0.1, -0.05) is 15.9 Å². The number of ether oxygens (including phenoxy) is 2. The van der Waals surface area contributed by atoms with E-state index in [4.69, 9.17) is 9.47 Å². The summed E-state index contributed by atoms with van der Waals surface area (Å²) in [6, 6.07) is 5.96. The largest absolute Gasteiger partial charge is 0.496 e. The minimum absolute atomic E-state index is 0.645. The first-order valence-electron chi connectivity index (χ1n) is 8.05. The lowest BCUT2D eigenvalue weighted by molar-refractivity contribution is 0.180. The predicted molar refractivity (Wildman–Crippen MR) is 103 cm³/mol. The maximum atomic E-state index is 5.39. The van der Waals surface area contributed by atoms with Crippen molar-refractivity contribution in [1.29, 1.82) is 0 Å². The number of halogens is 1. The third kappa shape index (κ3) is 7.99. The van der Waals surface area contributed by atoms with E-state index >= 15 is 0 Å². The van der Waals surface area contributed by atoms with Gasteiger partial charge in [0.05, 0.1) is 7.11 Å². The van der Waals surface area contributed by atoms with Crippen LogP contribution in [0.2, 0.25) is 0 Å². The summed E-state index contributed by atoms with van der Waals surface area (Å²) < 4.78 is 11.5. The summed E-state index contributed by atoms with van der Waals surface area (Å²) in [6.45, 7) is 4.25. The first-order chi connectivity index (χ1) is 11.6. The van der Waals surface area contributed by atoms with E-state index in [1.807, 2.05) is 18.2 Å². The molecular formula is C17H29BrN4O2. The summed E-state index contributed by atoms with van der Waals surface area (Å²) >= 11 is 3.49. The summed E-state index contributed by atoms with van der Waals surface area (Å²) in [7, 11) is 7.30. The maximum absolute atomic E-state index is 5.39. The highest BCUT2D eigenvalue weighted by molar-refractivity contribution is 9.10. The van der Waals surface area contributed by atoms with Crippen molar-refractivity contribution >= 4 is 21.9 Å². The van der Waals surface area contributed by atoms with Crippen LogP contribution in [0.3, 0.4) is 0 Å². The summed E-state index contributed by atoms with van der Waals surface area (Å²) in [5.41, 5.74) is 1.08. The molecule has 0 heterocycles. The molecule has 0 radical (unpaired) electrons. The minimum Gasteiger partial charge on any atom is -0.496 e. The number of hydrogen-bond donors (Lipinski definition) is 2. The van der Waals surface area contributed by atoms with Gasteiger partial charge in [0.1, 0.15) is 5.75 Å². The average molecular weight is 401 g/mol. The molecule has 7 heteroatoms. The first kappa shape index (κ1) is 20.7. The van der Waals surface area contributed by atoms with Gasteiger partial charge in [0.15, 0.2) is 5.96 Å². The molecular weight excluding hydrogens is 372 g/mol. The number of aliphatic imine (C=N–C) groups is 1. The van der Waals surface area contributed by atoms with Crippen LogP contribution in [0.5, 0.6) is 5.75 Å². The second-order valence-corrected chi connectivity index (χ2v) is 6.37. The lowest BCUT2D eigenvalue weighted by Crippen LogP contribution is -2.40. The molecule has 24 heavy (non-hydrogen) atoms. The van der Waals surface area contributed by atoms with Gasteiger partial charge in [0.2, 0.25) is 0 Å². The number of nitrogens with one attached hydrogen (secondary N) is 2. The fourth-order valence-electron chi connectivity index (χ4n) is 2.24. The Kier molecular flexibility index (Phi) is 10.5. The Labute approximate surface area is 153 Å². The van der Waals surface area contributed by atoms with Crippen molar-refractivity contribution in [3.05, 3.63) is 28.2 Å². The molecule has 1 aromatic carbocycles. The molecule has 2 N–H and O–H groups in total. The molecule has 0 amide bonds. The Bertz CT molecular complexity index is 511. The highest BCUT2D eigenvalue weighted by Crippen LogP contribution is 2.22. The Hall–Kier alpha value is -1.31. The van der Waals surface area contributed by atoms with Crippen LogP contribution in [0, 0.1) is 0 Å². The van der Waals surface area contributed by atoms with Crippen molar-refractivity contribution < 1.29 is 9.47 Å². The van der Waals surface area contributed by atoms with Crippen LogP contribution in [0.25, 0.3) is 0 Å². The van der Waals surface area contributed by atoms with Crippen LogP contribution >= 0.6 is 15.9 Å². The summed E-state index contributed by atoms with van der Waals surface area (Å²) in [6.07, 6.45) is 1.04. The van der Waals surface area contributed by atoms with E-state index in [0.717, 1.165) is 54.4 Å². The number of likely N-dealkylation sites (N-methyl/N-ethyl adjacent to an activating group) is 1. The first-order valence-corrected chi connectivity index (χ1v) is 8.84. The van der Waals surface area contributed by atoms with E-state index in [1.54, 1.807) is 21.3 Å². The number of nitrogens with zero attached hydrogens (tertiary/aromatic N) is 2. The molecule has 0 saturated heterocycles. The molecule has 0 spiro atoms. The third-order valence-electron chi connectivity index (χ3n) is 3.59. The van der Waals surface area contributed by atoms with Gasteiger partial charge in [-0.15, -0.1) is 0 Å². The maximum Gasteiger partial charge on any atom is 0.191 e. The summed E-state index contributed by atoms with van der Waals surface area (Å²) in [4.78, 5) is 6.53. The van der Waals surface area contributed by atoms with Crippen LogP contribution in [-0.2, 0) is 11.3 Å². The minimum atomic E-state index is 0.645. The van der Waals surface area contributed by atoms with Gasteiger partial charge in [0.25, 0.3) is 0 Å². The molecule has 1 rings (SSSR count). The fraction of sp³-hybridized carbons (Fsp3) is 0.588. The Morgan fingerprint density at radius 2 is 2.04 bits per heavy atom. The van der Waals surface area contributed by atoms with Gasteiger partial charge in [-0.3, -0.25) is 4.99 Å². The van der Waals surface area contributed by atoms with Gasteiger partial charge >= 0.3 is 0 Å². The third-order valence-corrected chi connectivity index (χ3v) is 4.08. The van der Waals surface area contributed by atoms with Gasteiger partial charge in [-0.05, 0) is 31.7 Å². The van der Waals surface area contributed by atoms with Gasteiger partial charge in [-0.25, -0.2) is 0 Å². The van der Waals surface area contributed by atoms with Crippen LogP contribution in [0.15, 0.2) is 27.7 Å². The molecule has 0 unspecified atom stereocenters. The molecule has 0 aliphatic carbocycles. The second-order valence-electron chi connectivity index (χ2n) is 5.46. The highest BCUT2D eigenvalue weighted by atomic mass is 79.9. The molecule has 0 atom stereocenters. The number of guanidine groups is 1. The highest BCUT2D eigenvalue weighted by Gasteiger charge is 2.05. The summed E-state index contributed by atoms with van der Waals surface area (Å²) in [5, 5.41) is 6.64. The Morgan fingerprint density at radius 3 is 2.71 bits per heavy atom. The van der Waals surface area contributed by atoms with Crippen molar-refractivity contribution in [3.8, 4) is 5.75 Å². The number of hydrogen-bond acceptors (Lipinski definition) is 4. The van der Waals surface area contributed by atoms with E-state index in [0.29, 0.717) is 6.54 Å². The fourth-order valence-corrected chi connectivity index (χ4v) is 2.65. The molecule has 0 saturated carbocycles. The number of benzene rings is 1. The smallest absolute Gasteiger partial charge is 0.191 e. The predicted octanol–water partition coefficient (Wildman–Crippen LogP) is 2.09. The van der Waals surface area contributed by atoms with E-state index in [-0.39, 0.29) is 0 Å². The van der Waals surface area contributed by atoms with Gasteiger partial charge < -0.3 is 25.0 Å². The number of rotatable bonds is 10. The molecule has 0 aliphatic heterocycles. The van der Waals surface area contributed by atoms with E-state index in [2.05, 4.69) is 43.5 Å². The van der Waals surface area contributed by atoms with Crippen molar-refractivity contribution in [2.24, 2.45) is 4.99 Å². The molecule has 0 aromatic heterocycles. The van der Waals surface area contributed by atoms with Gasteiger partial charge in [0, 0.05) is 57.0 Å². The van der Waals surface area contributed by atoms with E-state index < -0.39 is 0 Å². The zero-order valence-corrected chi connectivity index (χ0v) is 16.6.